The van der Waals surface area contributed by atoms with E-state index in [2.05, 4.69) is 21.2 Å². The Hall–Kier alpha value is -2.19. The molecule has 34 heavy (non-hydrogen) atoms. The monoisotopic (exact) mass is 494 g/mol. The molecule has 1 atom stereocenters. The van der Waals surface area contributed by atoms with Crippen LogP contribution in [0.25, 0.3) is 0 Å². The van der Waals surface area contributed by atoms with Gasteiger partial charge in [0.05, 0.1) is 6.04 Å². The third-order valence-corrected chi connectivity index (χ3v) is 5.95. The molecular formula is C25H39ClN4O4. The Kier molecular flexibility index (Phi) is 8.24. The van der Waals surface area contributed by atoms with Crippen LogP contribution in [0.15, 0.2) is 18.2 Å². The summed E-state index contributed by atoms with van der Waals surface area (Å²) in [6.45, 7) is 16.4. The van der Waals surface area contributed by atoms with Crippen molar-refractivity contribution in [1.82, 2.24) is 15.1 Å². The number of hydrogen-bond acceptors (Lipinski definition) is 6. The molecule has 0 bridgehead atoms. The zero-order valence-corrected chi connectivity index (χ0v) is 22.1. The van der Waals surface area contributed by atoms with Crippen LogP contribution >= 0.6 is 11.6 Å². The predicted molar refractivity (Wildman–Crippen MR) is 135 cm³/mol. The van der Waals surface area contributed by atoms with Crippen molar-refractivity contribution in [2.75, 3.05) is 44.2 Å². The lowest BCUT2D eigenvalue weighted by atomic mass is 10.1. The Morgan fingerprint density at radius 3 is 2.26 bits per heavy atom. The summed E-state index contributed by atoms with van der Waals surface area (Å²) in [6, 6.07) is 6.03. The van der Waals surface area contributed by atoms with Crippen LogP contribution in [0.5, 0.6) is 0 Å². The fourth-order valence-corrected chi connectivity index (χ4v) is 4.36. The average Bonchev–Trinajstić information content (AvgIpc) is 3.15. The van der Waals surface area contributed by atoms with Gasteiger partial charge in [0.1, 0.15) is 11.2 Å². The Morgan fingerprint density at radius 1 is 1.00 bits per heavy atom. The summed E-state index contributed by atoms with van der Waals surface area (Å²) in [4.78, 5) is 30.9. The van der Waals surface area contributed by atoms with Gasteiger partial charge in [-0.3, -0.25) is 4.90 Å². The number of rotatable bonds is 4. The van der Waals surface area contributed by atoms with E-state index in [9.17, 15) is 9.59 Å². The van der Waals surface area contributed by atoms with Crippen LogP contribution in [0.4, 0.5) is 15.3 Å². The maximum atomic E-state index is 12.4. The van der Waals surface area contributed by atoms with Crippen molar-refractivity contribution < 1.29 is 19.1 Å². The minimum absolute atomic E-state index is 0.0269. The number of carbonyl (C=O) groups is 2. The van der Waals surface area contributed by atoms with Crippen molar-refractivity contribution in [2.24, 2.45) is 0 Å². The Bertz CT molecular complexity index is 873. The van der Waals surface area contributed by atoms with Crippen molar-refractivity contribution in [3.8, 4) is 0 Å². The van der Waals surface area contributed by atoms with E-state index >= 15 is 0 Å². The number of benzene rings is 1. The molecule has 1 aromatic rings. The van der Waals surface area contributed by atoms with Crippen LogP contribution in [0.2, 0.25) is 5.02 Å². The van der Waals surface area contributed by atoms with Gasteiger partial charge >= 0.3 is 12.2 Å². The molecule has 2 heterocycles. The molecule has 0 radical (unpaired) electrons. The first kappa shape index (κ1) is 26.4. The van der Waals surface area contributed by atoms with Gasteiger partial charge in [-0.15, -0.1) is 0 Å². The number of piperazine rings is 1. The van der Waals surface area contributed by atoms with E-state index in [4.69, 9.17) is 21.1 Å². The molecule has 0 aromatic heterocycles. The van der Waals surface area contributed by atoms with Gasteiger partial charge in [0.2, 0.25) is 0 Å². The largest absolute Gasteiger partial charge is 0.444 e. The normalized spacial score (nSPS) is 19.8. The smallest absolute Gasteiger partial charge is 0.410 e. The standard InChI is InChI=1S/C25H39ClN4O4/c1-24(2,3)33-22(31)27-20-9-10-30(17-20)21-15-19(26)8-7-18(21)16-28-11-13-29(14-12-28)23(32)34-25(4,5)6/h7-8,15,20H,9-14,16-17H2,1-6H3,(H,27,31). The molecule has 2 aliphatic heterocycles. The highest BCUT2D eigenvalue weighted by molar-refractivity contribution is 6.30. The van der Waals surface area contributed by atoms with Gasteiger partial charge < -0.3 is 24.6 Å². The molecule has 2 saturated heterocycles. The van der Waals surface area contributed by atoms with Crippen LogP contribution in [0.1, 0.15) is 53.5 Å². The summed E-state index contributed by atoms with van der Waals surface area (Å²) < 4.78 is 10.9. The molecular weight excluding hydrogens is 456 g/mol. The topological polar surface area (TPSA) is 74.4 Å². The number of carbonyl (C=O) groups excluding carboxylic acids is 2. The zero-order valence-electron chi connectivity index (χ0n) is 21.3. The second-order valence-corrected chi connectivity index (χ2v) is 11.5. The molecule has 2 amide bonds. The molecule has 2 fully saturated rings. The summed E-state index contributed by atoms with van der Waals surface area (Å²) in [6.07, 6.45) is 0.216. The first-order valence-corrected chi connectivity index (χ1v) is 12.4. The summed E-state index contributed by atoms with van der Waals surface area (Å²) >= 11 is 6.35. The third kappa shape index (κ3) is 7.94. The average molecular weight is 495 g/mol. The predicted octanol–water partition coefficient (Wildman–Crippen LogP) is 4.50. The van der Waals surface area contributed by atoms with Crippen LogP contribution < -0.4 is 10.2 Å². The van der Waals surface area contributed by atoms with Crippen molar-refractivity contribution >= 4 is 29.5 Å². The number of amides is 2. The molecule has 0 aliphatic carbocycles. The fraction of sp³-hybridized carbons (Fsp3) is 0.680. The molecule has 1 aromatic carbocycles. The van der Waals surface area contributed by atoms with E-state index in [1.54, 1.807) is 4.90 Å². The number of halogens is 1. The van der Waals surface area contributed by atoms with Gasteiger partial charge in [0, 0.05) is 56.5 Å². The highest BCUT2D eigenvalue weighted by Crippen LogP contribution is 2.29. The van der Waals surface area contributed by atoms with Crippen molar-refractivity contribution in [3.63, 3.8) is 0 Å². The van der Waals surface area contributed by atoms with E-state index in [0.717, 1.165) is 38.3 Å². The highest BCUT2D eigenvalue weighted by atomic mass is 35.5. The molecule has 8 nitrogen and oxygen atoms in total. The lowest BCUT2D eigenvalue weighted by molar-refractivity contribution is 0.0139. The second-order valence-electron chi connectivity index (χ2n) is 11.1. The molecule has 9 heteroatoms. The SMILES string of the molecule is CC(C)(C)OC(=O)NC1CCN(c2cc(Cl)ccc2CN2CCN(C(=O)OC(C)(C)C)CC2)C1. The molecule has 1 N–H and O–H groups in total. The van der Waals surface area contributed by atoms with E-state index < -0.39 is 11.2 Å². The summed E-state index contributed by atoms with van der Waals surface area (Å²) in [7, 11) is 0. The minimum Gasteiger partial charge on any atom is -0.444 e. The van der Waals surface area contributed by atoms with E-state index in [1.807, 2.05) is 53.7 Å². The molecule has 2 aliphatic rings. The van der Waals surface area contributed by atoms with Crippen LogP contribution in [-0.4, -0.2) is 78.5 Å². The first-order chi connectivity index (χ1) is 15.8. The van der Waals surface area contributed by atoms with Gasteiger partial charge in [-0.05, 0) is 65.7 Å². The van der Waals surface area contributed by atoms with Gasteiger partial charge in [-0.1, -0.05) is 17.7 Å². The minimum atomic E-state index is -0.518. The molecule has 190 valence electrons. The maximum Gasteiger partial charge on any atom is 0.410 e. The summed E-state index contributed by atoms with van der Waals surface area (Å²) in [5.74, 6) is 0. The Labute approximate surface area is 208 Å². The zero-order chi connectivity index (χ0) is 25.1. The molecule has 0 saturated carbocycles. The molecule has 1 unspecified atom stereocenters. The second kappa shape index (κ2) is 10.6. The Balaban J connectivity index is 1.58. The number of anilines is 1. The van der Waals surface area contributed by atoms with Gasteiger partial charge in [0.15, 0.2) is 0 Å². The molecule has 3 rings (SSSR count). The lowest BCUT2D eigenvalue weighted by Crippen LogP contribution is -2.49. The summed E-state index contributed by atoms with van der Waals surface area (Å²) in [5.41, 5.74) is 1.28. The lowest BCUT2D eigenvalue weighted by Gasteiger charge is -2.36. The number of nitrogens with zero attached hydrogens (tertiary/aromatic N) is 3. The van der Waals surface area contributed by atoms with Crippen LogP contribution in [0, 0.1) is 0 Å². The van der Waals surface area contributed by atoms with Gasteiger partial charge in [0.25, 0.3) is 0 Å². The van der Waals surface area contributed by atoms with Crippen LogP contribution in [0.3, 0.4) is 0 Å². The van der Waals surface area contributed by atoms with Gasteiger partial charge in [-0.2, -0.15) is 0 Å². The highest BCUT2D eigenvalue weighted by Gasteiger charge is 2.29. The number of alkyl carbamates (subject to hydrolysis) is 1. The summed E-state index contributed by atoms with van der Waals surface area (Å²) in [5, 5.41) is 3.68. The quantitative estimate of drug-likeness (QED) is 0.664. The third-order valence-electron chi connectivity index (χ3n) is 5.72. The van der Waals surface area contributed by atoms with E-state index in [-0.39, 0.29) is 18.2 Å². The van der Waals surface area contributed by atoms with E-state index in [1.165, 1.54) is 5.56 Å². The van der Waals surface area contributed by atoms with Crippen molar-refractivity contribution in [2.45, 2.75) is 71.8 Å². The van der Waals surface area contributed by atoms with Crippen molar-refractivity contribution in [3.05, 3.63) is 28.8 Å². The number of nitrogens with one attached hydrogen (secondary N) is 1. The fourth-order valence-electron chi connectivity index (χ4n) is 4.19. The number of ether oxygens (including phenoxy) is 2. The first-order valence-electron chi connectivity index (χ1n) is 12.0. The Morgan fingerprint density at radius 2 is 1.65 bits per heavy atom. The number of hydrogen-bond donors (Lipinski definition) is 1. The maximum absolute atomic E-state index is 12.4. The van der Waals surface area contributed by atoms with Crippen molar-refractivity contribution in [1.29, 1.82) is 0 Å². The van der Waals surface area contributed by atoms with Crippen LogP contribution in [-0.2, 0) is 16.0 Å². The van der Waals surface area contributed by atoms with E-state index in [0.29, 0.717) is 24.7 Å². The van der Waals surface area contributed by atoms with Gasteiger partial charge in [-0.25, -0.2) is 9.59 Å². The molecule has 0 spiro atoms.